The molecule has 1 N–H and O–H groups in total. The van der Waals surface area contributed by atoms with Crippen molar-refractivity contribution in [2.75, 3.05) is 5.32 Å². The monoisotopic (exact) mass is 285 g/mol. The quantitative estimate of drug-likeness (QED) is 0.853. The highest BCUT2D eigenvalue weighted by atomic mass is 32.2. The second-order valence-corrected chi connectivity index (χ2v) is 6.17. The SMILES string of the molecule is CC(C)CC(=O)Nc1ccccc1Sc1ccccc1. The summed E-state index contributed by atoms with van der Waals surface area (Å²) in [5.74, 6) is 0.435. The highest BCUT2D eigenvalue weighted by Gasteiger charge is 2.09. The topological polar surface area (TPSA) is 29.1 Å². The van der Waals surface area contributed by atoms with Gasteiger partial charge in [0.05, 0.1) is 5.69 Å². The van der Waals surface area contributed by atoms with Gasteiger partial charge in [0.25, 0.3) is 0 Å². The van der Waals surface area contributed by atoms with Crippen molar-refractivity contribution in [1.82, 2.24) is 0 Å². The highest BCUT2D eigenvalue weighted by Crippen LogP contribution is 2.33. The van der Waals surface area contributed by atoms with Crippen LogP contribution in [0.3, 0.4) is 0 Å². The van der Waals surface area contributed by atoms with Crippen molar-refractivity contribution in [3.05, 3.63) is 54.6 Å². The maximum absolute atomic E-state index is 11.9. The van der Waals surface area contributed by atoms with Gasteiger partial charge in [0.2, 0.25) is 5.91 Å². The van der Waals surface area contributed by atoms with E-state index in [0.29, 0.717) is 12.3 Å². The average Bonchev–Trinajstić information content (AvgIpc) is 2.41. The van der Waals surface area contributed by atoms with E-state index in [1.165, 1.54) is 0 Å². The average molecular weight is 285 g/mol. The summed E-state index contributed by atoms with van der Waals surface area (Å²) in [6, 6.07) is 18.1. The van der Waals surface area contributed by atoms with Gasteiger partial charge in [-0.15, -0.1) is 0 Å². The minimum absolute atomic E-state index is 0.0705. The number of para-hydroxylation sites is 1. The molecule has 0 saturated heterocycles. The van der Waals surface area contributed by atoms with Crippen LogP contribution in [0, 0.1) is 5.92 Å². The first-order valence-corrected chi connectivity index (χ1v) is 7.58. The Morgan fingerprint density at radius 2 is 1.70 bits per heavy atom. The van der Waals surface area contributed by atoms with E-state index < -0.39 is 0 Å². The highest BCUT2D eigenvalue weighted by molar-refractivity contribution is 7.99. The number of carbonyl (C=O) groups excluding carboxylic acids is 1. The van der Waals surface area contributed by atoms with Crippen molar-refractivity contribution in [3.63, 3.8) is 0 Å². The Morgan fingerprint density at radius 1 is 1.05 bits per heavy atom. The molecule has 2 nitrogen and oxygen atoms in total. The van der Waals surface area contributed by atoms with Crippen LogP contribution in [0.5, 0.6) is 0 Å². The van der Waals surface area contributed by atoms with E-state index in [1.807, 2.05) is 56.3 Å². The minimum atomic E-state index is 0.0705. The molecule has 104 valence electrons. The molecule has 0 aromatic heterocycles. The van der Waals surface area contributed by atoms with Crippen LogP contribution in [0.2, 0.25) is 0 Å². The van der Waals surface area contributed by atoms with Crippen molar-refractivity contribution in [2.24, 2.45) is 5.92 Å². The number of carbonyl (C=O) groups is 1. The van der Waals surface area contributed by atoms with Crippen LogP contribution in [0.4, 0.5) is 5.69 Å². The fourth-order valence-electron chi connectivity index (χ4n) is 1.85. The third-order valence-electron chi connectivity index (χ3n) is 2.73. The van der Waals surface area contributed by atoms with Gasteiger partial charge in [-0.2, -0.15) is 0 Å². The molecule has 0 radical (unpaired) electrons. The van der Waals surface area contributed by atoms with E-state index in [2.05, 4.69) is 17.4 Å². The predicted molar refractivity (Wildman–Crippen MR) is 85.1 cm³/mol. The summed E-state index contributed by atoms with van der Waals surface area (Å²) in [6.07, 6.45) is 0.546. The Hall–Kier alpha value is -1.74. The third kappa shape index (κ3) is 4.42. The van der Waals surface area contributed by atoms with Gasteiger partial charge in [-0.3, -0.25) is 4.79 Å². The van der Waals surface area contributed by atoms with Gasteiger partial charge in [0.15, 0.2) is 0 Å². The van der Waals surface area contributed by atoms with Crippen molar-refractivity contribution in [1.29, 1.82) is 0 Å². The molecule has 3 heteroatoms. The van der Waals surface area contributed by atoms with E-state index in [4.69, 9.17) is 0 Å². The lowest BCUT2D eigenvalue weighted by Gasteiger charge is -2.11. The Bertz CT molecular complexity index is 566. The van der Waals surface area contributed by atoms with E-state index in [9.17, 15) is 4.79 Å². The third-order valence-corrected chi connectivity index (χ3v) is 3.81. The second kappa shape index (κ2) is 7.15. The molecule has 0 saturated carbocycles. The number of hydrogen-bond donors (Lipinski definition) is 1. The number of nitrogens with one attached hydrogen (secondary N) is 1. The molecule has 1 amide bonds. The number of amides is 1. The molecule has 0 heterocycles. The predicted octanol–water partition coefficient (Wildman–Crippen LogP) is 4.82. The number of hydrogen-bond acceptors (Lipinski definition) is 2. The van der Waals surface area contributed by atoms with Gasteiger partial charge in [-0.1, -0.05) is 55.9 Å². The van der Waals surface area contributed by atoms with Crippen LogP contribution in [0.15, 0.2) is 64.4 Å². The summed E-state index contributed by atoms with van der Waals surface area (Å²) in [5, 5.41) is 3.00. The number of benzene rings is 2. The van der Waals surface area contributed by atoms with Crippen molar-refractivity contribution < 1.29 is 4.79 Å². The van der Waals surface area contributed by atoms with Crippen LogP contribution in [0.25, 0.3) is 0 Å². The molecule has 2 aromatic carbocycles. The zero-order valence-electron chi connectivity index (χ0n) is 11.8. The van der Waals surface area contributed by atoms with Gasteiger partial charge in [0.1, 0.15) is 0 Å². The Labute approximate surface area is 124 Å². The first-order chi connectivity index (χ1) is 9.65. The molecule has 0 aliphatic heterocycles. The molecular formula is C17H19NOS. The van der Waals surface area contributed by atoms with Crippen molar-refractivity contribution in [2.45, 2.75) is 30.1 Å². The lowest BCUT2D eigenvalue weighted by atomic mass is 10.1. The van der Waals surface area contributed by atoms with Crippen LogP contribution in [-0.4, -0.2) is 5.91 Å². The normalized spacial score (nSPS) is 10.6. The number of anilines is 1. The standard InChI is InChI=1S/C17H19NOS/c1-13(2)12-17(19)18-15-10-6-7-11-16(15)20-14-8-4-3-5-9-14/h3-11,13H,12H2,1-2H3,(H,18,19). The van der Waals surface area contributed by atoms with Crippen molar-refractivity contribution in [3.8, 4) is 0 Å². The maximum Gasteiger partial charge on any atom is 0.224 e. The molecule has 0 aliphatic carbocycles. The molecule has 0 spiro atoms. The molecule has 20 heavy (non-hydrogen) atoms. The summed E-state index contributed by atoms with van der Waals surface area (Å²) in [4.78, 5) is 14.1. The molecule has 2 rings (SSSR count). The Balaban J connectivity index is 2.12. The van der Waals surface area contributed by atoms with Gasteiger partial charge < -0.3 is 5.32 Å². The summed E-state index contributed by atoms with van der Waals surface area (Å²) in [6.45, 7) is 4.09. The van der Waals surface area contributed by atoms with E-state index in [-0.39, 0.29) is 5.91 Å². The lowest BCUT2D eigenvalue weighted by Crippen LogP contribution is -2.14. The van der Waals surface area contributed by atoms with Crippen LogP contribution >= 0.6 is 11.8 Å². The smallest absolute Gasteiger partial charge is 0.224 e. The molecular weight excluding hydrogens is 266 g/mol. The molecule has 0 bridgehead atoms. The summed E-state index contributed by atoms with van der Waals surface area (Å²) < 4.78 is 0. The molecule has 0 unspecified atom stereocenters. The zero-order chi connectivity index (χ0) is 14.4. The van der Waals surface area contributed by atoms with Crippen LogP contribution < -0.4 is 5.32 Å². The maximum atomic E-state index is 11.9. The van der Waals surface area contributed by atoms with Gasteiger partial charge in [-0.25, -0.2) is 0 Å². The zero-order valence-corrected chi connectivity index (χ0v) is 12.6. The van der Waals surface area contributed by atoms with Crippen LogP contribution in [0.1, 0.15) is 20.3 Å². The second-order valence-electron chi connectivity index (χ2n) is 5.06. The molecule has 0 atom stereocenters. The van der Waals surface area contributed by atoms with Gasteiger partial charge in [-0.05, 0) is 30.2 Å². The van der Waals surface area contributed by atoms with Gasteiger partial charge >= 0.3 is 0 Å². The first-order valence-electron chi connectivity index (χ1n) is 6.77. The Morgan fingerprint density at radius 3 is 2.40 bits per heavy atom. The summed E-state index contributed by atoms with van der Waals surface area (Å²) in [5.41, 5.74) is 0.881. The fourth-order valence-corrected chi connectivity index (χ4v) is 2.77. The molecule has 2 aromatic rings. The summed E-state index contributed by atoms with van der Waals surface area (Å²) >= 11 is 1.66. The minimum Gasteiger partial charge on any atom is -0.325 e. The summed E-state index contributed by atoms with van der Waals surface area (Å²) in [7, 11) is 0. The first kappa shape index (κ1) is 14.7. The van der Waals surface area contributed by atoms with E-state index >= 15 is 0 Å². The van der Waals surface area contributed by atoms with E-state index in [0.717, 1.165) is 15.5 Å². The lowest BCUT2D eigenvalue weighted by molar-refractivity contribution is -0.116. The van der Waals surface area contributed by atoms with Crippen LogP contribution in [-0.2, 0) is 4.79 Å². The number of rotatable bonds is 5. The molecule has 0 aliphatic rings. The largest absolute Gasteiger partial charge is 0.325 e. The fraction of sp³-hybridized carbons (Fsp3) is 0.235. The van der Waals surface area contributed by atoms with Crippen molar-refractivity contribution >= 4 is 23.4 Å². The molecule has 0 fully saturated rings. The Kier molecular flexibility index (Phi) is 5.24. The van der Waals surface area contributed by atoms with E-state index in [1.54, 1.807) is 11.8 Å². The van der Waals surface area contributed by atoms with Gasteiger partial charge in [0, 0.05) is 16.2 Å².